The molecule has 2 aromatic rings. The lowest BCUT2D eigenvalue weighted by molar-refractivity contribution is -0.277. The number of aliphatic hydroxyl groups is 5. The van der Waals surface area contributed by atoms with Crippen LogP contribution in [0.1, 0.15) is 0 Å². The minimum atomic E-state index is -1.53. The van der Waals surface area contributed by atoms with E-state index in [0.29, 0.717) is 31.3 Å². The first-order chi connectivity index (χ1) is 15.5. The maximum absolute atomic E-state index is 10.2. The van der Waals surface area contributed by atoms with Gasteiger partial charge < -0.3 is 49.2 Å². The highest BCUT2D eigenvalue weighted by Crippen LogP contribution is 2.33. The summed E-state index contributed by atoms with van der Waals surface area (Å²) in [5, 5.41) is 49.8. The average Bonchev–Trinajstić information content (AvgIpc) is 2.81. The molecule has 0 bridgehead atoms. The maximum atomic E-state index is 10.2. The van der Waals surface area contributed by atoms with Crippen LogP contribution in [0, 0.1) is 0 Å². The molecule has 1 aliphatic heterocycles. The third-order valence-electron chi connectivity index (χ3n) is 4.99. The summed E-state index contributed by atoms with van der Waals surface area (Å²) >= 11 is 0. The highest BCUT2D eigenvalue weighted by Gasteiger charge is 2.44. The highest BCUT2D eigenvalue weighted by atomic mass is 16.7. The Morgan fingerprint density at radius 3 is 2.28 bits per heavy atom. The Balaban J connectivity index is 1.65. The van der Waals surface area contributed by atoms with Crippen LogP contribution < -0.4 is 9.47 Å². The number of rotatable bonds is 12. The van der Waals surface area contributed by atoms with Gasteiger partial charge >= 0.3 is 0 Å². The molecule has 0 aromatic heterocycles. The summed E-state index contributed by atoms with van der Waals surface area (Å²) in [5.41, 5.74) is 0. The summed E-state index contributed by atoms with van der Waals surface area (Å²) in [6.07, 6.45) is -6.85. The number of hydrogen-bond donors (Lipinski definition) is 5. The lowest BCUT2D eigenvalue weighted by Gasteiger charge is -2.39. The van der Waals surface area contributed by atoms with E-state index in [1.807, 2.05) is 24.3 Å². The van der Waals surface area contributed by atoms with Gasteiger partial charge in [0, 0.05) is 11.5 Å². The molecule has 1 saturated heterocycles. The Hall–Kier alpha value is -2.02. The molecule has 0 aliphatic carbocycles. The standard InChI is InChI=1S/C22H30O10/c23-5-6-28-7-8-29-9-10-30-17-12-15(11-14-3-1-2-4-16(14)17)31-22-21(27)20(26)19(25)18(13-24)32-22/h1-4,11-12,18-27H,5-10,13H2/t18-,19+,20+,21-,22+/m1/s1. The molecule has 0 spiro atoms. The van der Waals surface area contributed by atoms with Gasteiger partial charge in [0.05, 0.1) is 39.6 Å². The topological polar surface area (TPSA) is 147 Å². The minimum Gasteiger partial charge on any atom is -0.490 e. The molecule has 5 N–H and O–H groups in total. The van der Waals surface area contributed by atoms with E-state index in [4.69, 9.17) is 28.8 Å². The fourth-order valence-electron chi connectivity index (χ4n) is 3.33. The first-order valence-corrected chi connectivity index (χ1v) is 10.4. The molecule has 3 rings (SSSR count). The lowest BCUT2D eigenvalue weighted by Crippen LogP contribution is -2.60. The Labute approximate surface area is 185 Å². The minimum absolute atomic E-state index is 0.0300. The van der Waals surface area contributed by atoms with Crippen molar-refractivity contribution in [3.63, 3.8) is 0 Å². The van der Waals surface area contributed by atoms with Crippen LogP contribution in [0.25, 0.3) is 10.8 Å². The molecule has 1 aliphatic rings. The Bertz CT molecular complexity index is 829. The van der Waals surface area contributed by atoms with Gasteiger partial charge in [-0.15, -0.1) is 0 Å². The van der Waals surface area contributed by atoms with Crippen molar-refractivity contribution < 1.29 is 49.2 Å². The molecule has 1 fully saturated rings. The third-order valence-corrected chi connectivity index (χ3v) is 4.99. The molecule has 178 valence electrons. The van der Waals surface area contributed by atoms with E-state index in [1.54, 1.807) is 12.1 Å². The molecule has 0 radical (unpaired) electrons. The summed E-state index contributed by atoms with van der Waals surface area (Å²) in [4.78, 5) is 0. The van der Waals surface area contributed by atoms with Gasteiger partial charge in [0.15, 0.2) is 0 Å². The summed E-state index contributed by atoms with van der Waals surface area (Å²) in [6.45, 7) is 1.06. The Morgan fingerprint density at radius 2 is 1.53 bits per heavy atom. The van der Waals surface area contributed by atoms with Crippen LogP contribution in [0.2, 0.25) is 0 Å². The van der Waals surface area contributed by atoms with Crippen molar-refractivity contribution in [1.82, 2.24) is 0 Å². The zero-order valence-corrected chi connectivity index (χ0v) is 17.6. The van der Waals surface area contributed by atoms with E-state index in [1.165, 1.54) is 0 Å². The highest BCUT2D eigenvalue weighted by molar-refractivity contribution is 5.89. The van der Waals surface area contributed by atoms with Crippen molar-refractivity contribution >= 4 is 10.8 Å². The van der Waals surface area contributed by atoms with Gasteiger partial charge in [-0.1, -0.05) is 24.3 Å². The van der Waals surface area contributed by atoms with E-state index in [0.717, 1.165) is 10.8 Å². The summed E-state index contributed by atoms with van der Waals surface area (Å²) < 4.78 is 27.6. The second-order valence-corrected chi connectivity index (χ2v) is 7.25. The molecule has 0 saturated carbocycles. The van der Waals surface area contributed by atoms with Crippen LogP contribution >= 0.6 is 0 Å². The monoisotopic (exact) mass is 454 g/mol. The smallest absolute Gasteiger partial charge is 0.229 e. The Morgan fingerprint density at radius 1 is 0.812 bits per heavy atom. The van der Waals surface area contributed by atoms with Gasteiger partial charge in [-0.05, 0) is 11.5 Å². The lowest BCUT2D eigenvalue weighted by atomic mass is 9.99. The van der Waals surface area contributed by atoms with Gasteiger partial charge in [0.1, 0.15) is 42.5 Å². The van der Waals surface area contributed by atoms with Crippen molar-refractivity contribution in [3.8, 4) is 11.5 Å². The van der Waals surface area contributed by atoms with Crippen molar-refractivity contribution in [2.45, 2.75) is 30.7 Å². The van der Waals surface area contributed by atoms with Crippen LogP contribution in [0.4, 0.5) is 0 Å². The van der Waals surface area contributed by atoms with Crippen molar-refractivity contribution in [2.24, 2.45) is 0 Å². The molecule has 0 amide bonds. The fourth-order valence-corrected chi connectivity index (χ4v) is 3.33. The average molecular weight is 454 g/mol. The second kappa shape index (κ2) is 12.3. The van der Waals surface area contributed by atoms with Crippen LogP contribution in [0.5, 0.6) is 11.5 Å². The molecular weight excluding hydrogens is 424 g/mol. The molecule has 0 unspecified atom stereocenters. The predicted octanol–water partition coefficient (Wildman–Crippen LogP) is -0.577. The van der Waals surface area contributed by atoms with Crippen molar-refractivity contribution in [2.75, 3.05) is 46.2 Å². The molecule has 32 heavy (non-hydrogen) atoms. The van der Waals surface area contributed by atoms with Gasteiger partial charge in [0.2, 0.25) is 6.29 Å². The maximum Gasteiger partial charge on any atom is 0.229 e. The number of ether oxygens (including phenoxy) is 5. The number of fused-ring (bicyclic) bond motifs is 1. The first kappa shape index (κ1) is 24.6. The molecule has 10 heteroatoms. The zero-order chi connectivity index (χ0) is 22.9. The van der Waals surface area contributed by atoms with Crippen molar-refractivity contribution in [1.29, 1.82) is 0 Å². The van der Waals surface area contributed by atoms with E-state index >= 15 is 0 Å². The normalized spacial score (nSPS) is 25.7. The third kappa shape index (κ3) is 6.27. The van der Waals surface area contributed by atoms with Crippen LogP contribution in [-0.2, 0) is 14.2 Å². The fraction of sp³-hybridized carbons (Fsp3) is 0.545. The molecule has 2 aromatic carbocycles. The summed E-state index contributed by atoms with van der Waals surface area (Å²) in [7, 11) is 0. The van der Waals surface area contributed by atoms with E-state index < -0.39 is 37.3 Å². The van der Waals surface area contributed by atoms with E-state index in [-0.39, 0.29) is 19.8 Å². The van der Waals surface area contributed by atoms with Crippen molar-refractivity contribution in [3.05, 3.63) is 36.4 Å². The summed E-state index contributed by atoms with van der Waals surface area (Å²) in [5.74, 6) is 0.851. The predicted molar refractivity (Wildman–Crippen MR) is 113 cm³/mol. The van der Waals surface area contributed by atoms with Gasteiger partial charge in [-0.25, -0.2) is 0 Å². The quantitative estimate of drug-likeness (QED) is 0.264. The van der Waals surface area contributed by atoms with E-state index in [9.17, 15) is 20.4 Å². The van der Waals surface area contributed by atoms with E-state index in [2.05, 4.69) is 0 Å². The zero-order valence-electron chi connectivity index (χ0n) is 17.6. The SMILES string of the molecule is OCCOCCOCCOc1cc(O[C@H]2O[C@H](CO)[C@H](O)[C@H](O)[C@H]2O)cc2ccccc12. The van der Waals surface area contributed by atoms with Gasteiger partial charge in [-0.2, -0.15) is 0 Å². The summed E-state index contributed by atoms with van der Waals surface area (Å²) in [6, 6.07) is 10.9. The van der Waals surface area contributed by atoms with Gasteiger partial charge in [-0.3, -0.25) is 0 Å². The molecular formula is C22H30O10. The van der Waals surface area contributed by atoms with Gasteiger partial charge in [0.25, 0.3) is 0 Å². The first-order valence-electron chi connectivity index (χ1n) is 10.4. The largest absolute Gasteiger partial charge is 0.490 e. The molecule has 5 atom stereocenters. The number of aliphatic hydroxyl groups excluding tert-OH is 5. The number of benzene rings is 2. The second-order valence-electron chi connectivity index (χ2n) is 7.25. The van der Waals surface area contributed by atoms with Crippen LogP contribution in [0.15, 0.2) is 36.4 Å². The van der Waals surface area contributed by atoms with Crippen LogP contribution in [-0.4, -0.2) is 102 Å². The Kier molecular flexibility index (Phi) is 9.45. The van der Waals surface area contributed by atoms with Crippen LogP contribution in [0.3, 0.4) is 0 Å². The molecule has 10 nitrogen and oxygen atoms in total. The number of hydrogen-bond acceptors (Lipinski definition) is 10. The molecule has 1 heterocycles.